The van der Waals surface area contributed by atoms with Crippen molar-refractivity contribution in [3.63, 3.8) is 0 Å². The van der Waals surface area contributed by atoms with Gasteiger partial charge in [0.2, 0.25) is 0 Å². The molecule has 1 N–H and O–H groups in total. The first-order chi connectivity index (χ1) is 13.4. The van der Waals surface area contributed by atoms with Gasteiger partial charge < -0.3 is 5.32 Å². The first kappa shape index (κ1) is 20.9. The maximum atomic E-state index is 12.4. The number of hydrogen-bond donors (Lipinski definition) is 1. The highest BCUT2D eigenvalue weighted by Crippen LogP contribution is 2.25. The number of ketones is 1. The molecule has 0 saturated carbocycles. The maximum absolute atomic E-state index is 12.4. The molecule has 28 heavy (non-hydrogen) atoms. The van der Waals surface area contributed by atoms with E-state index in [1.807, 2.05) is 30.3 Å². The predicted octanol–water partition coefficient (Wildman–Crippen LogP) is 6.98. The van der Waals surface area contributed by atoms with Gasteiger partial charge in [0.1, 0.15) is 0 Å². The highest BCUT2D eigenvalue weighted by Gasteiger charge is 2.12. The number of carbonyl (C=O) groups is 2. The van der Waals surface area contributed by atoms with E-state index in [0.717, 1.165) is 9.37 Å². The molecule has 0 aliphatic carbocycles. The summed E-state index contributed by atoms with van der Waals surface area (Å²) >= 11 is 16.7. The number of halogens is 3. The Morgan fingerprint density at radius 3 is 2.43 bits per heavy atom. The number of hydrogen-bond acceptors (Lipinski definition) is 3. The van der Waals surface area contributed by atoms with E-state index in [9.17, 15) is 9.59 Å². The topological polar surface area (TPSA) is 46.2 Å². The third-order valence-corrected chi connectivity index (χ3v) is 5.87. The van der Waals surface area contributed by atoms with Gasteiger partial charge in [0.05, 0.1) is 16.3 Å². The van der Waals surface area contributed by atoms with Crippen LogP contribution in [0.25, 0.3) is 0 Å². The summed E-state index contributed by atoms with van der Waals surface area (Å²) in [5.74, 6) is 0.0248. The molecule has 1 amide bonds. The van der Waals surface area contributed by atoms with E-state index in [4.69, 9.17) is 23.2 Å². The zero-order valence-corrected chi connectivity index (χ0v) is 18.3. The van der Waals surface area contributed by atoms with E-state index < -0.39 is 0 Å². The Balaban J connectivity index is 1.64. The van der Waals surface area contributed by atoms with Gasteiger partial charge in [0.25, 0.3) is 5.91 Å². The normalized spacial score (nSPS) is 10.5. The average molecular weight is 495 g/mol. The lowest BCUT2D eigenvalue weighted by Gasteiger charge is -2.09. The van der Waals surface area contributed by atoms with Crippen molar-refractivity contribution in [2.75, 3.05) is 11.1 Å². The SMILES string of the molecule is O=C(CSc1cccc(NC(=O)c2ccc(Cl)cc2Cl)c1)c1ccc(Br)cc1. The van der Waals surface area contributed by atoms with Crippen LogP contribution < -0.4 is 5.32 Å². The van der Waals surface area contributed by atoms with Crippen LogP contribution in [0.1, 0.15) is 20.7 Å². The van der Waals surface area contributed by atoms with Crippen LogP contribution >= 0.6 is 50.9 Å². The smallest absolute Gasteiger partial charge is 0.257 e. The molecule has 142 valence electrons. The summed E-state index contributed by atoms with van der Waals surface area (Å²) in [6.07, 6.45) is 0. The van der Waals surface area contributed by atoms with Gasteiger partial charge in [-0.15, -0.1) is 11.8 Å². The van der Waals surface area contributed by atoms with Crippen molar-refractivity contribution in [3.05, 3.63) is 92.4 Å². The van der Waals surface area contributed by atoms with E-state index in [1.165, 1.54) is 17.8 Å². The summed E-state index contributed by atoms with van der Waals surface area (Å²) in [5.41, 5.74) is 1.63. The Bertz CT molecular complexity index is 1030. The molecule has 0 unspecified atom stereocenters. The van der Waals surface area contributed by atoms with Gasteiger partial charge >= 0.3 is 0 Å². The Morgan fingerprint density at radius 1 is 0.964 bits per heavy atom. The van der Waals surface area contributed by atoms with Crippen molar-refractivity contribution in [2.45, 2.75) is 4.90 Å². The Labute approximate surface area is 185 Å². The molecule has 3 aromatic carbocycles. The molecular weight excluding hydrogens is 481 g/mol. The molecule has 0 aromatic heterocycles. The molecule has 0 heterocycles. The summed E-state index contributed by atoms with van der Waals surface area (Å²) in [7, 11) is 0. The third-order valence-electron chi connectivity index (χ3n) is 3.80. The van der Waals surface area contributed by atoms with Crippen LogP contribution in [-0.4, -0.2) is 17.4 Å². The fraction of sp³-hybridized carbons (Fsp3) is 0.0476. The van der Waals surface area contributed by atoms with Crippen LogP contribution in [0, 0.1) is 0 Å². The lowest BCUT2D eigenvalue weighted by molar-refractivity contribution is 0.101. The number of thioether (sulfide) groups is 1. The minimum Gasteiger partial charge on any atom is -0.322 e. The lowest BCUT2D eigenvalue weighted by Crippen LogP contribution is -2.12. The first-order valence-corrected chi connectivity index (χ1v) is 10.7. The van der Waals surface area contributed by atoms with Crippen molar-refractivity contribution in [2.24, 2.45) is 0 Å². The molecule has 0 atom stereocenters. The molecule has 0 fully saturated rings. The van der Waals surface area contributed by atoms with Crippen LogP contribution in [0.3, 0.4) is 0 Å². The average Bonchev–Trinajstić information content (AvgIpc) is 2.67. The fourth-order valence-corrected chi connectivity index (χ4v) is 4.01. The largest absolute Gasteiger partial charge is 0.322 e. The van der Waals surface area contributed by atoms with Crippen LogP contribution in [0.2, 0.25) is 10.0 Å². The number of benzene rings is 3. The number of Topliss-reactive ketones (excluding diaryl/α,β-unsaturated/α-hetero) is 1. The monoisotopic (exact) mass is 493 g/mol. The number of amides is 1. The van der Waals surface area contributed by atoms with Crippen LogP contribution in [0.15, 0.2) is 76.1 Å². The van der Waals surface area contributed by atoms with Gasteiger partial charge in [0, 0.05) is 25.6 Å². The summed E-state index contributed by atoms with van der Waals surface area (Å²) in [5, 5.41) is 3.57. The van der Waals surface area contributed by atoms with Crippen molar-refractivity contribution < 1.29 is 9.59 Å². The molecule has 3 rings (SSSR count). The molecule has 0 aliphatic heterocycles. The van der Waals surface area contributed by atoms with Gasteiger partial charge in [0.15, 0.2) is 5.78 Å². The van der Waals surface area contributed by atoms with E-state index in [-0.39, 0.29) is 16.7 Å². The van der Waals surface area contributed by atoms with Gasteiger partial charge in [-0.1, -0.05) is 57.3 Å². The minimum atomic E-state index is -0.324. The van der Waals surface area contributed by atoms with Gasteiger partial charge in [-0.25, -0.2) is 0 Å². The molecule has 0 radical (unpaired) electrons. The third kappa shape index (κ3) is 5.61. The van der Waals surface area contributed by atoms with Crippen LogP contribution in [0.5, 0.6) is 0 Å². The molecule has 3 nitrogen and oxygen atoms in total. The van der Waals surface area contributed by atoms with E-state index in [0.29, 0.717) is 27.6 Å². The second kappa shape index (κ2) is 9.61. The van der Waals surface area contributed by atoms with Gasteiger partial charge in [-0.2, -0.15) is 0 Å². The maximum Gasteiger partial charge on any atom is 0.257 e. The molecule has 0 bridgehead atoms. The summed E-state index contributed by atoms with van der Waals surface area (Å²) < 4.78 is 0.931. The van der Waals surface area contributed by atoms with Crippen molar-refractivity contribution in [1.82, 2.24) is 0 Å². The number of carbonyl (C=O) groups excluding carboxylic acids is 2. The molecule has 7 heteroatoms. The first-order valence-electron chi connectivity index (χ1n) is 8.20. The summed E-state index contributed by atoms with van der Waals surface area (Å²) in [6, 6.07) is 19.3. The molecule has 0 aliphatic rings. The number of rotatable bonds is 6. The Morgan fingerprint density at radius 2 is 1.71 bits per heavy atom. The van der Waals surface area contributed by atoms with Gasteiger partial charge in [-0.05, 0) is 48.5 Å². The zero-order chi connectivity index (χ0) is 20.1. The molecule has 0 saturated heterocycles. The predicted molar refractivity (Wildman–Crippen MR) is 120 cm³/mol. The zero-order valence-electron chi connectivity index (χ0n) is 14.4. The van der Waals surface area contributed by atoms with Gasteiger partial charge in [-0.3, -0.25) is 9.59 Å². The highest BCUT2D eigenvalue weighted by atomic mass is 79.9. The van der Waals surface area contributed by atoms with E-state index in [2.05, 4.69) is 21.2 Å². The second-order valence-corrected chi connectivity index (χ2v) is 8.63. The molecule has 3 aromatic rings. The van der Waals surface area contributed by atoms with Crippen LogP contribution in [-0.2, 0) is 0 Å². The Kier molecular flexibility index (Phi) is 7.18. The standard InChI is InChI=1S/C21H14BrCl2NO2S/c22-14-6-4-13(5-7-14)20(26)12-28-17-3-1-2-16(11-17)25-21(27)18-9-8-15(23)10-19(18)24/h1-11H,12H2,(H,25,27). The summed E-state index contributed by atoms with van der Waals surface area (Å²) in [4.78, 5) is 25.6. The summed E-state index contributed by atoms with van der Waals surface area (Å²) in [6.45, 7) is 0. The number of anilines is 1. The van der Waals surface area contributed by atoms with Crippen molar-refractivity contribution in [1.29, 1.82) is 0 Å². The second-order valence-electron chi connectivity index (χ2n) is 5.82. The van der Waals surface area contributed by atoms with Crippen LogP contribution in [0.4, 0.5) is 5.69 Å². The fourth-order valence-electron chi connectivity index (χ4n) is 2.40. The highest BCUT2D eigenvalue weighted by molar-refractivity contribution is 9.10. The lowest BCUT2D eigenvalue weighted by atomic mass is 10.2. The quantitative estimate of drug-likeness (QED) is 0.297. The molecule has 0 spiro atoms. The van der Waals surface area contributed by atoms with Crippen molar-refractivity contribution in [3.8, 4) is 0 Å². The van der Waals surface area contributed by atoms with E-state index >= 15 is 0 Å². The van der Waals surface area contributed by atoms with Crippen molar-refractivity contribution >= 4 is 68.3 Å². The molecular formula is C21H14BrCl2NO2S. The number of nitrogens with one attached hydrogen (secondary N) is 1. The Hall–Kier alpha value is -1.79. The van der Waals surface area contributed by atoms with E-state index in [1.54, 1.807) is 30.3 Å². The minimum absolute atomic E-state index is 0.0416.